The normalized spacial score (nSPS) is 13.3. The molecule has 2 aromatic heterocycles. The molecule has 1 aliphatic heterocycles. The predicted molar refractivity (Wildman–Crippen MR) is 109 cm³/mol. The quantitative estimate of drug-likeness (QED) is 0.668. The summed E-state index contributed by atoms with van der Waals surface area (Å²) in [6, 6.07) is 6.00. The Morgan fingerprint density at radius 1 is 1.17 bits per heavy atom. The number of ether oxygens (including phenoxy) is 1. The van der Waals surface area contributed by atoms with Gasteiger partial charge in [0.15, 0.2) is 0 Å². The van der Waals surface area contributed by atoms with Crippen LogP contribution in [0.15, 0.2) is 36.8 Å². The summed E-state index contributed by atoms with van der Waals surface area (Å²) in [5.41, 5.74) is 6.07. The van der Waals surface area contributed by atoms with E-state index in [1.54, 1.807) is 18.6 Å². The van der Waals surface area contributed by atoms with E-state index in [9.17, 15) is 4.79 Å². The van der Waals surface area contributed by atoms with Crippen LogP contribution in [0.2, 0.25) is 0 Å². The van der Waals surface area contributed by atoms with Crippen molar-refractivity contribution in [1.29, 1.82) is 0 Å². The summed E-state index contributed by atoms with van der Waals surface area (Å²) in [7, 11) is 0. The molecule has 1 amide bonds. The first kappa shape index (κ1) is 19.1. The predicted octanol–water partition coefficient (Wildman–Crippen LogP) is 3.09. The molecule has 3 heterocycles. The zero-order valence-corrected chi connectivity index (χ0v) is 17.1. The van der Waals surface area contributed by atoms with Crippen LogP contribution in [0.4, 0.5) is 0 Å². The van der Waals surface area contributed by atoms with E-state index < -0.39 is 0 Å². The van der Waals surface area contributed by atoms with Gasteiger partial charge < -0.3 is 9.64 Å². The molecule has 0 atom stereocenters. The fourth-order valence-electron chi connectivity index (χ4n) is 3.90. The Morgan fingerprint density at radius 3 is 2.66 bits per heavy atom. The molecule has 0 aliphatic carbocycles. The molecular weight excluding hydrogens is 366 g/mol. The number of aromatic nitrogens is 4. The minimum atomic E-state index is 0.0625. The van der Waals surface area contributed by atoms with Crippen LogP contribution in [0.5, 0.6) is 5.88 Å². The Hall–Kier alpha value is -3.22. The molecule has 7 heteroatoms. The van der Waals surface area contributed by atoms with Crippen LogP contribution in [-0.2, 0) is 26.1 Å². The fourth-order valence-corrected chi connectivity index (χ4v) is 3.90. The van der Waals surface area contributed by atoms with Crippen molar-refractivity contribution in [2.45, 2.75) is 46.9 Å². The summed E-state index contributed by atoms with van der Waals surface area (Å²) >= 11 is 0. The van der Waals surface area contributed by atoms with Crippen molar-refractivity contribution < 1.29 is 9.53 Å². The molecule has 0 N–H and O–H groups in total. The maximum Gasteiger partial charge on any atom is 0.254 e. The van der Waals surface area contributed by atoms with Crippen molar-refractivity contribution in [3.63, 3.8) is 0 Å². The molecule has 1 aliphatic rings. The van der Waals surface area contributed by atoms with Crippen LogP contribution in [-0.4, -0.2) is 37.1 Å². The first-order valence-electron chi connectivity index (χ1n) is 9.89. The van der Waals surface area contributed by atoms with E-state index in [2.05, 4.69) is 23.0 Å². The lowest BCUT2D eigenvalue weighted by Gasteiger charge is -2.28. The Bertz CT molecular complexity index is 1010. The van der Waals surface area contributed by atoms with Crippen LogP contribution in [0.1, 0.15) is 45.4 Å². The topological polar surface area (TPSA) is 73.1 Å². The molecule has 0 spiro atoms. The van der Waals surface area contributed by atoms with E-state index in [4.69, 9.17) is 9.84 Å². The number of nitrogens with zero attached hydrogens (tertiary/aromatic N) is 5. The smallest absolute Gasteiger partial charge is 0.254 e. The lowest BCUT2D eigenvalue weighted by atomic mass is 10.0. The molecule has 0 fully saturated rings. The molecule has 0 saturated heterocycles. The van der Waals surface area contributed by atoms with E-state index in [-0.39, 0.29) is 5.91 Å². The van der Waals surface area contributed by atoms with Crippen molar-refractivity contribution in [3.8, 4) is 5.88 Å². The largest absolute Gasteiger partial charge is 0.470 e. The van der Waals surface area contributed by atoms with Gasteiger partial charge in [0, 0.05) is 55.3 Å². The Kier molecular flexibility index (Phi) is 5.29. The number of rotatable bonds is 5. The summed E-state index contributed by atoms with van der Waals surface area (Å²) in [6.45, 7) is 8.44. The molecule has 0 radical (unpaired) electrons. The lowest BCUT2D eigenvalue weighted by Crippen LogP contribution is -2.36. The zero-order chi connectivity index (χ0) is 20.4. The number of aryl methyl sites for hydroxylation is 3. The van der Waals surface area contributed by atoms with Gasteiger partial charge in [-0.3, -0.25) is 14.5 Å². The van der Waals surface area contributed by atoms with Gasteiger partial charge in [-0.25, -0.2) is 4.98 Å². The SMILES string of the molecule is CCn1nc(COc2cnccn2)c2c1CCN(C(=O)c1cc(C)cc(C)c1)C2. The summed E-state index contributed by atoms with van der Waals surface area (Å²) in [4.78, 5) is 23.2. The third kappa shape index (κ3) is 3.99. The molecule has 1 aromatic carbocycles. The van der Waals surface area contributed by atoms with Gasteiger partial charge in [0.1, 0.15) is 12.3 Å². The van der Waals surface area contributed by atoms with Crippen molar-refractivity contribution in [3.05, 3.63) is 70.4 Å². The highest BCUT2D eigenvalue weighted by Gasteiger charge is 2.28. The molecular formula is C22H25N5O2. The van der Waals surface area contributed by atoms with E-state index in [0.717, 1.165) is 40.9 Å². The summed E-state index contributed by atoms with van der Waals surface area (Å²) in [5.74, 6) is 0.527. The number of benzene rings is 1. The highest BCUT2D eigenvalue weighted by Crippen LogP contribution is 2.25. The fraction of sp³-hybridized carbons (Fsp3) is 0.364. The summed E-state index contributed by atoms with van der Waals surface area (Å²) < 4.78 is 7.79. The van der Waals surface area contributed by atoms with Crippen LogP contribution in [0.3, 0.4) is 0 Å². The average Bonchev–Trinajstić information content (AvgIpc) is 3.09. The minimum absolute atomic E-state index is 0.0625. The van der Waals surface area contributed by atoms with E-state index in [0.29, 0.717) is 25.6 Å². The third-order valence-corrected chi connectivity index (χ3v) is 5.17. The zero-order valence-electron chi connectivity index (χ0n) is 17.1. The molecule has 0 bridgehead atoms. The van der Waals surface area contributed by atoms with Crippen molar-refractivity contribution >= 4 is 5.91 Å². The average molecular weight is 391 g/mol. The second-order valence-corrected chi connectivity index (χ2v) is 7.37. The molecule has 29 heavy (non-hydrogen) atoms. The number of carbonyl (C=O) groups is 1. The van der Waals surface area contributed by atoms with E-state index in [1.807, 2.05) is 35.6 Å². The van der Waals surface area contributed by atoms with Crippen LogP contribution >= 0.6 is 0 Å². The maximum absolute atomic E-state index is 13.1. The highest BCUT2D eigenvalue weighted by atomic mass is 16.5. The number of hydrogen-bond acceptors (Lipinski definition) is 5. The monoisotopic (exact) mass is 391 g/mol. The second-order valence-electron chi connectivity index (χ2n) is 7.37. The second kappa shape index (κ2) is 8.03. The van der Waals surface area contributed by atoms with E-state index in [1.165, 1.54) is 5.69 Å². The first-order chi connectivity index (χ1) is 14.0. The molecule has 0 unspecified atom stereocenters. The lowest BCUT2D eigenvalue weighted by molar-refractivity contribution is 0.0732. The Labute approximate surface area is 170 Å². The van der Waals surface area contributed by atoms with Crippen molar-refractivity contribution in [2.75, 3.05) is 6.54 Å². The highest BCUT2D eigenvalue weighted by molar-refractivity contribution is 5.94. The molecule has 4 rings (SSSR count). The number of carbonyl (C=O) groups excluding carboxylic acids is 1. The standard InChI is InChI=1S/C22H25N5O2/c1-4-27-20-5-8-26(22(28)17-10-15(2)9-16(3)11-17)13-18(20)19(25-27)14-29-21-12-23-6-7-24-21/h6-7,9-12H,4-5,8,13-14H2,1-3H3. The molecule has 0 saturated carbocycles. The number of amides is 1. The number of hydrogen-bond donors (Lipinski definition) is 0. The summed E-state index contributed by atoms with van der Waals surface area (Å²) in [5, 5.41) is 4.73. The van der Waals surface area contributed by atoms with Crippen LogP contribution < -0.4 is 4.74 Å². The van der Waals surface area contributed by atoms with Crippen LogP contribution in [0, 0.1) is 13.8 Å². The van der Waals surface area contributed by atoms with Crippen molar-refractivity contribution in [2.24, 2.45) is 0 Å². The van der Waals surface area contributed by atoms with Gasteiger partial charge in [-0.05, 0) is 32.9 Å². The molecule has 7 nitrogen and oxygen atoms in total. The molecule has 150 valence electrons. The van der Waals surface area contributed by atoms with Gasteiger partial charge in [-0.1, -0.05) is 17.2 Å². The minimum Gasteiger partial charge on any atom is -0.470 e. The summed E-state index contributed by atoms with van der Waals surface area (Å²) in [6.07, 6.45) is 5.58. The van der Waals surface area contributed by atoms with Gasteiger partial charge >= 0.3 is 0 Å². The Balaban J connectivity index is 1.57. The maximum atomic E-state index is 13.1. The first-order valence-corrected chi connectivity index (χ1v) is 9.89. The van der Waals surface area contributed by atoms with E-state index >= 15 is 0 Å². The van der Waals surface area contributed by atoms with Crippen molar-refractivity contribution in [1.82, 2.24) is 24.6 Å². The van der Waals surface area contributed by atoms with Gasteiger partial charge in [0.2, 0.25) is 5.88 Å². The van der Waals surface area contributed by atoms with Gasteiger partial charge in [-0.15, -0.1) is 0 Å². The third-order valence-electron chi connectivity index (χ3n) is 5.17. The van der Waals surface area contributed by atoms with Crippen LogP contribution in [0.25, 0.3) is 0 Å². The van der Waals surface area contributed by atoms with Gasteiger partial charge in [-0.2, -0.15) is 5.10 Å². The Morgan fingerprint density at radius 2 is 1.97 bits per heavy atom. The number of fused-ring (bicyclic) bond motifs is 1. The van der Waals surface area contributed by atoms with Gasteiger partial charge in [0.05, 0.1) is 6.20 Å². The molecule has 3 aromatic rings. The van der Waals surface area contributed by atoms with Gasteiger partial charge in [0.25, 0.3) is 5.91 Å².